The number of benzene rings is 9. The summed E-state index contributed by atoms with van der Waals surface area (Å²) in [5, 5.41) is 5.38. The highest BCUT2D eigenvalue weighted by Crippen LogP contribution is 2.64. The minimum atomic E-state index is -0.686. The number of anilines is 3. The molecule has 0 radical (unpaired) electrons. The van der Waals surface area contributed by atoms with Crippen molar-refractivity contribution in [1.82, 2.24) is 0 Å². The number of ether oxygens (including phenoxy) is 1. The third kappa shape index (κ3) is 4.66. The zero-order valence-corrected chi connectivity index (χ0v) is 33.6. The number of fused-ring (bicyclic) bond motifs is 15. The van der Waals surface area contributed by atoms with Gasteiger partial charge in [-0.05, 0) is 94.5 Å². The van der Waals surface area contributed by atoms with E-state index >= 15 is 0 Å². The number of halogens is 1. The van der Waals surface area contributed by atoms with Crippen molar-refractivity contribution in [2.24, 2.45) is 0 Å². The number of rotatable bonds is 4. The Morgan fingerprint density at radius 1 is 0.467 bits per heavy atom. The SMILES string of the molecule is Clc1ccc2c(c1)C1(c3ccccc3Oc3ccccc31)c1cccc(N(c3cc(-c4ccccc4)c4c(c3)oc3ccccc34)c3ccc4sc5ccccc5c4c3)c1-2. The molecule has 2 aromatic heterocycles. The lowest BCUT2D eigenvalue weighted by atomic mass is 9.66. The highest BCUT2D eigenvalue weighted by Gasteiger charge is 2.52. The van der Waals surface area contributed by atoms with Gasteiger partial charge >= 0.3 is 0 Å². The van der Waals surface area contributed by atoms with Crippen molar-refractivity contribution >= 4 is 82.1 Å². The maximum atomic E-state index is 7.02. The van der Waals surface area contributed by atoms with Gasteiger partial charge in [-0.2, -0.15) is 0 Å². The van der Waals surface area contributed by atoms with Gasteiger partial charge in [-0.15, -0.1) is 11.3 Å². The van der Waals surface area contributed by atoms with E-state index in [2.05, 4.69) is 187 Å². The first kappa shape index (κ1) is 33.8. The lowest BCUT2D eigenvalue weighted by Gasteiger charge is -2.39. The first-order valence-electron chi connectivity index (χ1n) is 20.2. The number of thiophene rings is 1. The van der Waals surface area contributed by atoms with Crippen LogP contribution in [0.4, 0.5) is 17.1 Å². The van der Waals surface area contributed by atoms with Crippen molar-refractivity contribution in [2.45, 2.75) is 5.41 Å². The smallest absolute Gasteiger partial charge is 0.138 e. The number of hydrogen-bond donors (Lipinski definition) is 0. The van der Waals surface area contributed by atoms with Crippen molar-refractivity contribution in [3.05, 3.63) is 221 Å². The summed E-state index contributed by atoms with van der Waals surface area (Å²) in [7, 11) is 0. The second-order valence-electron chi connectivity index (χ2n) is 15.7. The molecular formula is C55H32ClNO2S. The van der Waals surface area contributed by atoms with E-state index in [0.717, 1.165) is 89.4 Å². The molecule has 0 amide bonds. The van der Waals surface area contributed by atoms with Gasteiger partial charge < -0.3 is 14.1 Å². The van der Waals surface area contributed by atoms with Crippen LogP contribution in [-0.4, -0.2) is 0 Å². The van der Waals surface area contributed by atoms with Crippen LogP contribution < -0.4 is 9.64 Å². The third-order valence-corrected chi connectivity index (χ3v) is 14.0. The summed E-state index contributed by atoms with van der Waals surface area (Å²) >= 11 is 8.86. The minimum absolute atomic E-state index is 0.686. The van der Waals surface area contributed by atoms with E-state index in [1.165, 1.54) is 25.7 Å². The summed E-state index contributed by atoms with van der Waals surface area (Å²) in [6.07, 6.45) is 0. The molecule has 2 aliphatic rings. The van der Waals surface area contributed by atoms with E-state index in [9.17, 15) is 0 Å². The van der Waals surface area contributed by atoms with Crippen LogP contribution in [0.3, 0.4) is 0 Å². The lowest BCUT2D eigenvalue weighted by Crippen LogP contribution is -2.32. The summed E-state index contributed by atoms with van der Waals surface area (Å²) in [6, 6.07) is 69.4. The average molecular weight is 806 g/mol. The molecule has 3 heterocycles. The molecule has 282 valence electrons. The van der Waals surface area contributed by atoms with Crippen molar-refractivity contribution in [2.75, 3.05) is 4.90 Å². The Balaban J connectivity index is 1.16. The van der Waals surface area contributed by atoms with Crippen LogP contribution in [-0.2, 0) is 5.41 Å². The fraction of sp³-hybridized carbons (Fsp3) is 0.0182. The normalized spacial score (nSPS) is 13.3. The van der Waals surface area contributed by atoms with Crippen LogP contribution in [0.15, 0.2) is 199 Å². The van der Waals surface area contributed by atoms with Crippen LogP contribution in [0.25, 0.3) is 64.4 Å². The third-order valence-electron chi connectivity index (χ3n) is 12.6. The number of hydrogen-bond acceptors (Lipinski definition) is 4. The molecule has 5 heteroatoms. The number of furan rings is 1. The zero-order chi connectivity index (χ0) is 39.5. The van der Waals surface area contributed by atoms with Crippen molar-refractivity contribution < 1.29 is 9.15 Å². The lowest BCUT2D eigenvalue weighted by molar-refractivity contribution is 0.436. The van der Waals surface area contributed by atoms with E-state index in [0.29, 0.717) is 5.02 Å². The average Bonchev–Trinajstić information content (AvgIpc) is 3.95. The number of nitrogens with zero attached hydrogens (tertiary/aromatic N) is 1. The Kier molecular flexibility index (Phi) is 7.16. The second kappa shape index (κ2) is 12.7. The fourth-order valence-electron chi connectivity index (χ4n) is 10.2. The quantitative estimate of drug-likeness (QED) is 0.177. The molecule has 1 aliphatic carbocycles. The van der Waals surface area contributed by atoms with E-state index in [1.54, 1.807) is 0 Å². The van der Waals surface area contributed by atoms with E-state index < -0.39 is 5.41 Å². The zero-order valence-electron chi connectivity index (χ0n) is 32.0. The fourth-order valence-corrected chi connectivity index (χ4v) is 11.4. The molecule has 0 saturated carbocycles. The molecule has 60 heavy (non-hydrogen) atoms. The van der Waals surface area contributed by atoms with Crippen LogP contribution in [0.1, 0.15) is 22.3 Å². The maximum Gasteiger partial charge on any atom is 0.138 e. The first-order chi connectivity index (χ1) is 29.6. The van der Waals surface area contributed by atoms with Crippen molar-refractivity contribution in [3.63, 3.8) is 0 Å². The summed E-state index contributed by atoms with van der Waals surface area (Å²) < 4.78 is 16.0. The predicted octanol–water partition coefficient (Wildman–Crippen LogP) is 16.2. The summed E-state index contributed by atoms with van der Waals surface area (Å²) in [4.78, 5) is 2.44. The van der Waals surface area contributed by atoms with E-state index in [-0.39, 0.29) is 0 Å². The maximum absolute atomic E-state index is 7.02. The van der Waals surface area contributed by atoms with Gasteiger partial charge in [-0.3, -0.25) is 0 Å². The second-order valence-corrected chi connectivity index (χ2v) is 17.2. The molecule has 3 nitrogen and oxygen atoms in total. The highest BCUT2D eigenvalue weighted by atomic mass is 35.5. The van der Waals surface area contributed by atoms with Crippen molar-refractivity contribution in [1.29, 1.82) is 0 Å². The molecule has 0 fully saturated rings. The van der Waals surface area contributed by atoms with Gasteiger partial charge in [0.1, 0.15) is 22.7 Å². The molecule has 0 saturated heterocycles. The Hall–Kier alpha value is -7.11. The van der Waals surface area contributed by atoms with Gasteiger partial charge in [-0.1, -0.05) is 133 Å². The standard InChI is InChI=1S/C55H32ClNO2S/c56-34-25-27-38-45(29-34)55(42-17-6-9-22-48(42)59-49-23-10-7-18-43(49)55)44-19-12-20-46(54(38)44)57(35-26-28-52-41(30-35)37-15-5-11-24-51(37)60-52)36-31-40(33-13-2-1-3-14-33)53-39-16-4-8-21-47(39)58-50(53)32-36/h1-32H. The molecule has 1 spiro atoms. The predicted molar refractivity (Wildman–Crippen MR) is 249 cm³/mol. The Morgan fingerprint density at radius 3 is 2.00 bits per heavy atom. The van der Waals surface area contributed by atoms with Gasteiger partial charge in [0, 0.05) is 64.4 Å². The molecule has 0 unspecified atom stereocenters. The summed E-state index contributed by atoms with van der Waals surface area (Å²) in [6.45, 7) is 0. The minimum Gasteiger partial charge on any atom is -0.457 e. The molecule has 9 aromatic carbocycles. The molecule has 0 N–H and O–H groups in total. The van der Waals surface area contributed by atoms with Gasteiger partial charge in [0.25, 0.3) is 0 Å². The molecule has 13 rings (SSSR count). The monoisotopic (exact) mass is 805 g/mol. The molecule has 1 aliphatic heterocycles. The Labute approximate surface area is 354 Å². The van der Waals surface area contributed by atoms with Gasteiger partial charge in [0.15, 0.2) is 0 Å². The molecule has 0 atom stereocenters. The molecule has 11 aromatic rings. The van der Waals surface area contributed by atoms with Crippen LogP contribution in [0, 0.1) is 0 Å². The van der Waals surface area contributed by atoms with Crippen LogP contribution >= 0.6 is 22.9 Å². The largest absolute Gasteiger partial charge is 0.457 e. The topological polar surface area (TPSA) is 25.6 Å². The van der Waals surface area contributed by atoms with Gasteiger partial charge in [0.05, 0.1) is 16.8 Å². The van der Waals surface area contributed by atoms with Gasteiger partial charge in [0.2, 0.25) is 0 Å². The van der Waals surface area contributed by atoms with Crippen molar-refractivity contribution in [3.8, 4) is 33.8 Å². The molecular weight excluding hydrogens is 774 g/mol. The first-order valence-corrected chi connectivity index (χ1v) is 21.4. The van der Waals surface area contributed by atoms with E-state index in [4.69, 9.17) is 20.8 Å². The summed E-state index contributed by atoms with van der Waals surface area (Å²) in [5.41, 5.74) is 13.2. The number of para-hydroxylation sites is 3. The van der Waals surface area contributed by atoms with Crippen LogP contribution in [0.2, 0.25) is 5.02 Å². The Morgan fingerprint density at radius 2 is 1.17 bits per heavy atom. The highest BCUT2D eigenvalue weighted by molar-refractivity contribution is 7.25. The van der Waals surface area contributed by atoms with Gasteiger partial charge in [-0.25, -0.2) is 0 Å². The molecule has 0 bridgehead atoms. The van der Waals surface area contributed by atoms with E-state index in [1.807, 2.05) is 23.5 Å². The summed E-state index contributed by atoms with van der Waals surface area (Å²) in [5.74, 6) is 1.68. The Bertz CT molecular complexity index is 3520. The van der Waals surface area contributed by atoms with Crippen LogP contribution in [0.5, 0.6) is 11.5 Å².